The second-order valence-electron chi connectivity index (χ2n) is 6.96. The van der Waals surface area contributed by atoms with E-state index in [-0.39, 0.29) is 5.02 Å². The topological polar surface area (TPSA) is 31.4 Å². The molecule has 3 nitrogen and oxygen atoms in total. The standard InChI is InChI=1S/C15H21BClF2NO2/c1-9(2)15(18,19)12-11(17)7-10(8-20-12)16-21-13(3,4)14(5,6)22-16/h7-9H,1-6H3. The second kappa shape index (κ2) is 5.43. The molecule has 0 spiro atoms. The van der Waals surface area contributed by atoms with Crippen molar-refractivity contribution in [3.05, 3.63) is 23.0 Å². The van der Waals surface area contributed by atoms with Gasteiger partial charge in [0.15, 0.2) is 0 Å². The number of halogens is 3. The third-order valence-electron chi connectivity index (χ3n) is 4.43. The molecule has 2 heterocycles. The van der Waals surface area contributed by atoms with Crippen LogP contribution in [0.15, 0.2) is 12.3 Å². The van der Waals surface area contributed by atoms with Crippen LogP contribution in [0.25, 0.3) is 0 Å². The molecule has 1 aromatic heterocycles. The lowest BCUT2D eigenvalue weighted by Crippen LogP contribution is -2.41. The smallest absolute Gasteiger partial charge is 0.399 e. The minimum Gasteiger partial charge on any atom is -0.399 e. The van der Waals surface area contributed by atoms with E-state index in [2.05, 4.69) is 4.98 Å². The van der Waals surface area contributed by atoms with Crippen LogP contribution >= 0.6 is 11.6 Å². The summed E-state index contributed by atoms with van der Waals surface area (Å²) in [6.45, 7) is 10.5. The van der Waals surface area contributed by atoms with Crippen molar-refractivity contribution >= 4 is 24.2 Å². The maximum Gasteiger partial charge on any atom is 0.496 e. The third kappa shape index (κ3) is 2.88. The Morgan fingerprint density at radius 2 is 1.68 bits per heavy atom. The summed E-state index contributed by atoms with van der Waals surface area (Å²) in [6.07, 6.45) is 1.35. The SMILES string of the molecule is CC(C)C(F)(F)c1ncc(B2OC(C)(C)C(C)(C)O2)cc1Cl. The number of alkyl halides is 2. The second-order valence-corrected chi connectivity index (χ2v) is 7.37. The summed E-state index contributed by atoms with van der Waals surface area (Å²) in [6, 6.07) is 1.45. The average Bonchev–Trinajstić information content (AvgIpc) is 2.57. The Kier molecular flexibility index (Phi) is 4.35. The summed E-state index contributed by atoms with van der Waals surface area (Å²) >= 11 is 6.02. The van der Waals surface area contributed by atoms with Gasteiger partial charge in [-0.3, -0.25) is 4.98 Å². The summed E-state index contributed by atoms with van der Waals surface area (Å²) in [5.74, 6) is -3.97. The van der Waals surface area contributed by atoms with E-state index in [1.165, 1.54) is 26.1 Å². The number of hydrogen-bond donors (Lipinski definition) is 0. The molecule has 0 bridgehead atoms. The van der Waals surface area contributed by atoms with Gasteiger partial charge < -0.3 is 9.31 Å². The Hall–Kier alpha value is -0.715. The molecule has 0 atom stereocenters. The van der Waals surface area contributed by atoms with E-state index in [4.69, 9.17) is 20.9 Å². The average molecular weight is 332 g/mol. The quantitative estimate of drug-likeness (QED) is 0.790. The molecule has 1 aliphatic heterocycles. The predicted octanol–water partition coefficient (Wildman–Crippen LogP) is 3.78. The van der Waals surface area contributed by atoms with E-state index in [1.54, 1.807) is 0 Å². The van der Waals surface area contributed by atoms with Gasteiger partial charge in [-0.2, -0.15) is 8.78 Å². The van der Waals surface area contributed by atoms with Gasteiger partial charge in [0.05, 0.1) is 16.2 Å². The molecule has 0 saturated carbocycles. The van der Waals surface area contributed by atoms with Gasteiger partial charge in [0.1, 0.15) is 5.69 Å². The fourth-order valence-electron chi connectivity index (χ4n) is 2.08. The van der Waals surface area contributed by atoms with Crippen LogP contribution in [0.5, 0.6) is 0 Å². The highest BCUT2D eigenvalue weighted by Gasteiger charge is 2.52. The van der Waals surface area contributed by atoms with Crippen molar-refractivity contribution in [2.75, 3.05) is 0 Å². The lowest BCUT2D eigenvalue weighted by atomic mass is 9.80. The molecular weight excluding hydrogens is 310 g/mol. The van der Waals surface area contributed by atoms with Gasteiger partial charge in [0, 0.05) is 17.6 Å². The van der Waals surface area contributed by atoms with Crippen molar-refractivity contribution in [1.82, 2.24) is 4.98 Å². The molecule has 0 unspecified atom stereocenters. The zero-order valence-corrected chi connectivity index (χ0v) is 14.5. The predicted molar refractivity (Wildman–Crippen MR) is 83.7 cm³/mol. The van der Waals surface area contributed by atoms with Gasteiger partial charge >= 0.3 is 7.12 Å². The van der Waals surface area contributed by atoms with Crippen LogP contribution in [0.2, 0.25) is 5.02 Å². The minimum absolute atomic E-state index is 0.0779. The Morgan fingerprint density at radius 1 is 1.18 bits per heavy atom. The first-order valence-electron chi connectivity index (χ1n) is 7.28. The van der Waals surface area contributed by atoms with Gasteiger partial charge in [-0.1, -0.05) is 25.4 Å². The number of hydrogen-bond acceptors (Lipinski definition) is 3. The van der Waals surface area contributed by atoms with E-state index >= 15 is 0 Å². The van der Waals surface area contributed by atoms with Crippen molar-refractivity contribution in [2.24, 2.45) is 5.92 Å². The first-order chi connectivity index (χ1) is 9.88. The van der Waals surface area contributed by atoms with Crippen LogP contribution in [-0.4, -0.2) is 23.3 Å². The highest BCUT2D eigenvalue weighted by atomic mass is 35.5. The van der Waals surface area contributed by atoms with Crippen LogP contribution in [0.1, 0.15) is 47.2 Å². The van der Waals surface area contributed by atoms with Crippen LogP contribution in [0.3, 0.4) is 0 Å². The first kappa shape index (κ1) is 17.6. The van der Waals surface area contributed by atoms with E-state index in [0.717, 1.165) is 0 Å². The van der Waals surface area contributed by atoms with E-state index in [1.807, 2.05) is 27.7 Å². The number of aromatic nitrogens is 1. The van der Waals surface area contributed by atoms with Gasteiger partial charge in [0.2, 0.25) is 0 Å². The van der Waals surface area contributed by atoms with Crippen molar-refractivity contribution in [3.8, 4) is 0 Å². The lowest BCUT2D eigenvalue weighted by Gasteiger charge is -2.32. The molecule has 1 saturated heterocycles. The van der Waals surface area contributed by atoms with Gasteiger partial charge in [-0.25, -0.2) is 0 Å². The molecule has 2 rings (SSSR count). The fourth-order valence-corrected chi connectivity index (χ4v) is 2.38. The molecule has 22 heavy (non-hydrogen) atoms. The number of pyridine rings is 1. The van der Waals surface area contributed by atoms with Crippen LogP contribution < -0.4 is 5.46 Å². The molecule has 0 aliphatic carbocycles. The lowest BCUT2D eigenvalue weighted by molar-refractivity contribution is -0.0553. The van der Waals surface area contributed by atoms with Crippen LogP contribution in [-0.2, 0) is 15.2 Å². The third-order valence-corrected chi connectivity index (χ3v) is 4.72. The molecular formula is C15H21BClF2NO2. The Bertz CT molecular complexity index is 563. The van der Waals surface area contributed by atoms with Crippen molar-refractivity contribution in [2.45, 2.75) is 58.7 Å². The van der Waals surface area contributed by atoms with Crippen molar-refractivity contribution in [3.63, 3.8) is 0 Å². The van der Waals surface area contributed by atoms with Gasteiger partial charge in [-0.05, 0) is 33.8 Å². The van der Waals surface area contributed by atoms with Crippen LogP contribution in [0.4, 0.5) is 8.78 Å². The Balaban J connectivity index is 2.32. The van der Waals surface area contributed by atoms with Gasteiger partial charge in [0.25, 0.3) is 5.92 Å². The largest absolute Gasteiger partial charge is 0.496 e. The maximum absolute atomic E-state index is 14.1. The zero-order chi connectivity index (χ0) is 16.9. The molecule has 0 radical (unpaired) electrons. The summed E-state index contributed by atoms with van der Waals surface area (Å²) in [5, 5.41) is -0.0779. The molecule has 1 aromatic rings. The maximum atomic E-state index is 14.1. The molecule has 7 heteroatoms. The van der Waals surface area contributed by atoms with E-state index < -0.39 is 35.9 Å². The number of nitrogens with zero attached hydrogens (tertiary/aromatic N) is 1. The summed E-state index contributed by atoms with van der Waals surface area (Å²) in [7, 11) is -0.670. The molecule has 122 valence electrons. The molecule has 0 amide bonds. The summed E-state index contributed by atoms with van der Waals surface area (Å²) in [5.41, 5.74) is -0.897. The summed E-state index contributed by atoms with van der Waals surface area (Å²) < 4.78 is 39.9. The Labute approximate surface area is 135 Å². The monoisotopic (exact) mass is 331 g/mol. The zero-order valence-electron chi connectivity index (χ0n) is 13.7. The molecule has 1 fully saturated rings. The summed E-state index contributed by atoms with van der Waals surface area (Å²) in [4.78, 5) is 3.87. The fraction of sp³-hybridized carbons (Fsp3) is 0.667. The van der Waals surface area contributed by atoms with Crippen molar-refractivity contribution in [1.29, 1.82) is 0 Å². The Morgan fingerprint density at radius 3 is 2.09 bits per heavy atom. The van der Waals surface area contributed by atoms with Crippen molar-refractivity contribution < 1.29 is 18.1 Å². The molecule has 0 N–H and O–H groups in total. The molecule has 1 aliphatic rings. The normalized spacial score (nSPS) is 20.7. The van der Waals surface area contributed by atoms with E-state index in [0.29, 0.717) is 5.46 Å². The van der Waals surface area contributed by atoms with E-state index in [9.17, 15) is 8.78 Å². The van der Waals surface area contributed by atoms with Gasteiger partial charge in [-0.15, -0.1) is 0 Å². The highest BCUT2D eigenvalue weighted by molar-refractivity contribution is 6.62. The number of rotatable bonds is 3. The first-order valence-corrected chi connectivity index (χ1v) is 7.65. The highest BCUT2D eigenvalue weighted by Crippen LogP contribution is 2.39. The molecule has 0 aromatic carbocycles. The van der Waals surface area contributed by atoms with Crippen LogP contribution in [0, 0.1) is 5.92 Å². The minimum atomic E-state index is -3.08.